The first-order valence-electron chi connectivity index (χ1n) is 4.97. The van der Waals surface area contributed by atoms with Gasteiger partial charge in [0.15, 0.2) is 0 Å². The summed E-state index contributed by atoms with van der Waals surface area (Å²) in [5.41, 5.74) is 0. The van der Waals surface area contributed by atoms with Crippen LogP contribution in [0.25, 0.3) is 0 Å². The zero-order valence-corrected chi connectivity index (χ0v) is 9.15. The molecule has 0 bridgehead atoms. The first-order chi connectivity index (χ1) is 6.04. The fraction of sp³-hybridized carbons (Fsp3) is 0.800. The lowest BCUT2D eigenvalue weighted by atomic mass is 10.1. The third kappa shape index (κ3) is 3.57. The molecule has 3 nitrogen and oxygen atoms in total. The maximum absolute atomic E-state index is 7.82. The van der Waals surface area contributed by atoms with Crippen molar-refractivity contribution < 1.29 is 0 Å². The van der Waals surface area contributed by atoms with Gasteiger partial charge in [-0.25, -0.2) is 0 Å². The first-order valence-corrected chi connectivity index (χ1v) is 4.97. The minimum absolute atomic E-state index is 0.207. The molecule has 0 spiro atoms. The van der Waals surface area contributed by atoms with E-state index in [4.69, 9.17) is 10.8 Å². The van der Waals surface area contributed by atoms with Crippen LogP contribution in [0.1, 0.15) is 40.5 Å². The standard InChI is InChI=1S/C10H21N3/c1-5-7-13(9(11)6-2)10(12)8(3)4/h8,11-12H,5-7H2,1-4H3. The summed E-state index contributed by atoms with van der Waals surface area (Å²) in [7, 11) is 0. The Kier molecular flexibility index (Phi) is 5.35. The molecule has 0 atom stereocenters. The van der Waals surface area contributed by atoms with E-state index in [1.165, 1.54) is 0 Å². The average molecular weight is 183 g/mol. The molecule has 0 rings (SSSR count). The Balaban J connectivity index is 4.41. The molecular formula is C10H21N3. The highest BCUT2D eigenvalue weighted by atomic mass is 15.2. The van der Waals surface area contributed by atoms with Gasteiger partial charge in [0.05, 0.1) is 0 Å². The Bertz CT molecular complexity index is 185. The van der Waals surface area contributed by atoms with Crippen LogP contribution >= 0.6 is 0 Å². The Morgan fingerprint density at radius 2 is 1.77 bits per heavy atom. The lowest BCUT2D eigenvalue weighted by Gasteiger charge is -2.26. The average Bonchev–Trinajstić information content (AvgIpc) is 2.11. The zero-order valence-electron chi connectivity index (χ0n) is 9.15. The van der Waals surface area contributed by atoms with Crippen LogP contribution < -0.4 is 0 Å². The van der Waals surface area contributed by atoms with E-state index in [2.05, 4.69) is 6.92 Å². The van der Waals surface area contributed by atoms with Crippen molar-refractivity contribution in [3.05, 3.63) is 0 Å². The van der Waals surface area contributed by atoms with Crippen LogP contribution in [0.5, 0.6) is 0 Å². The van der Waals surface area contributed by atoms with Crippen LogP contribution in [0.15, 0.2) is 0 Å². The van der Waals surface area contributed by atoms with Crippen LogP contribution in [-0.4, -0.2) is 23.1 Å². The summed E-state index contributed by atoms with van der Waals surface area (Å²) in [6.07, 6.45) is 1.69. The van der Waals surface area contributed by atoms with Crippen molar-refractivity contribution in [1.82, 2.24) is 4.90 Å². The van der Waals surface area contributed by atoms with Gasteiger partial charge in [0, 0.05) is 18.9 Å². The van der Waals surface area contributed by atoms with Crippen molar-refractivity contribution >= 4 is 11.7 Å². The van der Waals surface area contributed by atoms with Gasteiger partial charge in [0.2, 0.25) is 0 Å². The van der Waals surface area contributed by atoms with Crippen molar-refractivity contribution in [2.24, 2.45) is 5.92 Å². The van der Waals surface area contributed by atoms with Gasteiger partial charge in [-0.1, -0.05) is 27.7 Å². The van der Waals surface area contributed by atoms with Crippen LogP contribution in [0.3, 0.4) is 0 Å². The summed E-state index contributed by atoms with van der Waals surface area (Å²) in [5, 5.41) is 15.5. The van der Waals surface area contributed by atoms with Gasteiger partial charge in [-0.2, -0.15) is 0 Å². The van der Waals surface area contributed by atoms with Crippen molar-refractivity contribution in [1.29, 1.82) is 10.8 Å². The summed E-state index contributed by atoms with van der Waals surface area (Å²) >= 11 is 0. The SMILES string of the molecule is CCCN(C(=N)CC)C(=N)C(C)C. The summed E-state index contributed by atoms with van der Waals surface area (Å²) in [4.78, 5) is 1.81. The minimum Gasteiger partial charge on any atom is -0.319 e. The molecule has 0 saturated heterocycles. The molecule has 0 aliphatic heterocycles. The van der Waals surface area contributed by atoms with E-state index in [9.17, 15) is 0 Å². The number of rotatable bonds is 4. The molecule has 0 aromatic carbocycles. The topological polar surface area (TPSA) is 50.9 Å². The third-order valence-electron chi connectivity index (χ3n) is 1.95. The molecule has 0 heterocycles. The maximum Gasteiger partial charge on any atom is 0.104 e. The molecule has 0 aliphatic carbocycles. The molecule has 3 heteroatoms. The van der Waals surface area contributed by atoms with E-state index in [1.54, 1.807) is 0 Å². The van der Waals surface area contributed by atoms with Gasteiger partial charge in [-0.15, -0.1) is 0 Å². The number of amidine groups is 2. The van der Waals surface area contributed by atoms with Crippen LogP contribution in [0, 0.1) is 16.7 Å². The third-order valence-corrected chi connectivity index (χ3v) is 1.95. The maximum atomic E-state index is 7.82. The summed E-state index contributed by atoms with van der Waals surface area (Å²) < 4.78 is 0. The highest BCUT2D eigenvalue weighted by Gasteiger charge is 2.14. The van der Waals surface area contributed by atoms with E-state index < -0.39 is 0 Å². The Labute approximate surface area is 81.2 Å². The second-order valence-electron chi connectivity index (χ2n) is 3.49. The van der Waals surface area contributed by atoms with Gasteiger partial charge >= 0.3 is 0 Å². The normalized spacial score (nSPS) is 10.2. The zero-order chi connectivity index (χ0) is 10.4. The Morgan fingerprint density at radius 3 is 2.08 bits per heavy atom. The van der Waals surface area contributed by atoms with Crippen molar-refractivity contribution in [2.75, 3.05) is 6.54 Å². The molecule has 0 saturated carbocycles. The fourth-order valence-electron chi connectivity index (χ4n) is 1.13. The van der Waals surface area contributed by atoms with Crippen LogP contribution in [0.4, 0.5) is 0 Å². The molecule has 13 heavy (non-hydrogen) atoms. The molecule has 0 aromatic rings. The van der Waals surface area contributed by atoms with Gasteiger partial charge in [0.1, 0.15) is 11.7 Å². The largest absolute Gasteiger partial charge is 0.319 e. The Morgan fingerprint density at radius 1 is 1.23 bits per heavy atom. The number of nitrogens with zero attached hydrogens (tertiary/aromatic N) is 1. The predicted molar refractivity (Wildman–Crippen MR) is 57.6 cm³/mol. The van der Waals surface area contributed by atoms with E-state index >= 15 is 0 Å². The van der Waals surface area contributed by atoms with Gasteiger partial charge in [-0.3, -0.25) is 10.8 Å². The van der Waals surface area contributed by atoms with Crippen LogP contribution in [0.2, 0.25) is 0 Å². The molecule has 2 N–H and O–H groups in total. The van der Waals surface area contributed by atoms with E-state index in [0.717, 1.165) is 13.0 Å². The molecule has 0 unspecified atom stereocenters. The fourth-order valence-corrected chi connectivity index (χ4v) is 1.13. The molecule has 0 radical (unpaired) electrons. The molecular weight excluding hydrogens is 162 g/mol. The lowest BCUT2D eigenvalue weighted by Crippen LogP contribution is -2.38. The molecule has 76 valence electrons. The van der Waals surface area contributed by atoms with Crippen molar-refractivity contribution in [3.8, 4) is 0 Å². The number of nitrogens with one attached hydrogen (secondary N) is 2. The first kappa shape index (κ1) is 12.1. The second kappa shape index (κ2) is 5.73. The number of hydrogen-bond donors (Lipinski definition) is 2. The van der Waals surface area contributed by atoms with Crippen molar-refractivity contribution in [2.45, 2.75) is 40.5 Å². The molecule has 0 aliphatic rings. The predicted octanol–water partition coefficient (Wildman–Crippen LogP) is 2.72. The summed E-state index contributed by atoms with van der Waals surface area (Å²) in [6.45, 7) is 8.81. The van der Waals surface area contributed by atoms with Gasteiger partial charge in [0.25, 0.3) is 0 Å². The highest BCUT2D eigenvalue weighted by Crippen LogP contribution is 2.05. The smallest absolute Gasteiger partial charge is 0.104 e. The minimum atomic E-state index is 0.207. The quantitative estimate of drug-likeness (QED) is 0.511. The highest BCUT2D eigenvalue weighted by molar-refractivity contribution is 5.98. The van der Waals surface area contributed by atoms with Crippen LogP contribution in [-0.2, 0) is 0 Å². The lowest BCUT2D eigenvalue weighted by molar-refractivity contribution is 0.542. The molecule has 0 amide bonds. The van der Waals surface area contributed by atoms with E-state index in [-0.39, 0.29) is 5.92 Å². The summed E-state index contributed by atoms with van der Waals surface area (Å²) in [6, 6.07) is 0. The van der Waals surface area contributed by atoms with E-state index in [0.29, 0.717) is 18.1 Å². The van der Waals surface area contributed by atoms with E-state index in [1.807, 2.05) is 25.7 Å². The molecule has 0 aromatic heterocycles. The Hall–Kier alpha value is -0.860. The van der Waals surface area contributed by atoms with Gasteiger partial charge < -0.3 is 4.90 Å². The second-order valence-corrected chi connectivity index (χ2v) is 3.49. The summed E-state index contributed by atoms with van der Waals surface area (Å²) in [5.74, 6) is 1.33. The number of hydrogen-bond acceptors (Lipinski definition) is 2. The van der Waals surface area contributed by atoms with Crippen molar-refractivity contribution in [3.63, 3.8) is 0 Å². The van der Waals surface area contributed by atoms with Gasteiger partial charge in [-0.05, 0) is 6.42 Å². The monoisotopic (exact) mass is 183 g/mol. The molecule has 0 fully saturated rings.